The van der Waals surface area contributed by atoms with Gasteiger partial charge in [0, 0.05) is 28.8 Å². The van der Waals surface area contributed by atoms with Gasteiger partial charge in [0.05, 0.1) is 6.20 Å². The predicted octanol–water partition coefficient (Wildman–Crippen LogP) is 2.21. The minimum atomic E-state index is 0.572. The molecular formula is C10H12N2OS. The van der Waals surface area contributed by atoms with Crippen molar-refractivity contribution in [2.75, 3.05) is 6.54 Å². The molecule has 0 aromatic carbocycles. The van der Waals surface area contributed by atoms with Crippen LogP contribution in [0.2, 0.25) is 0 Å². The highest BCUT2D eigenvalue weighted by atomic mass is 32.1. The van der Waals surface area contributed by atoms with Crippen molar-refractivity contribution in [1.82, 2.24) is 4.98 Å². The number of nitrogens with zero attached hydrogens (tertiary/aromatic N) is 1. The van der Waals surface area contributed by atoms with E-state index in [9.17, 15) is 0 Å². The highest BCUT2D eigenvalue weighted by molar-refractivity contribution is 7.10. The lowest BCUT2D eigenvalue weighted by Gasteiger charge is -1.90. The molecule has 2 heterocycles. The van der Waals surface area contributed by atoms with Gasteiger partial charge in [-0.3, -0.25) is 0 Å². The Bertz CT molecular complexity index is 419. The fraction of sp³-hybridized carbons (Fsp3) is 0.300. The van der Waals surface area contributed by atoms with Crippen molar-refractivity contribution in [1.29, 1.82) is 0 Å². The van der Waals surface area contributed by atoms with E-state index in [-0.39, 0.29) is 0 Å². The highest BCUT2D eigenvalue weighted by Gasteiger charge is 2.06. The molecule has 0 radical (unpaired) electrons. The average Bonchev–Trinajstić information content (AvgIpc) is 2.74. The number of oxazole rings is 1. The SMILES string of the molecule is Cc1cc(-c2cnc(CCN)o2)cs1. The van der Waals surface area contributed by atoms with E-state index < -0.39 is 0 Å². The molecule has 4 heteroatoms. The fourth-order valence-electron chi connectivity index (χ4n) is 1.26. The average molecular weight is 208 g/mol. The van der Waals surface area contributed by atoms with E-state index in [1.165, 1.54) is 4.88 Å². The fourth-order valence-corrected chi connectivity index (χ4v) is 1.95. The van der Waals surface area contributed by atoms with Crippen molar-refractivity contribution in [2.24, 2.45) is 5.73 Å². The minimum absolute atomic E-state index is 0.572. The molecule has 0 bridgehead atoms. The van der Waals surface area contributed by atoms with Gasteiger partial charge in [0.1, 0.15) is 0 Å². The number of aromatic nitrogens is 1. The van der Waals surface area contributed by atoms with E-state index in [0.717, 1.165) is 11.3 Å². The van der Waals surface area contributed by atoms with Crippen molar-refractivity contribution in [3.05, 3.63) is 28.4 Å². The Labute approximate surface area is 86.6 Å². The third-order valence-electron chi connectivity index (χ3n) is 1.93. The second-order valence-corrected chi connectivity index (χ2v) is 4.22. The van der Waals surface area contributed by atoms with Gasteiger partial charge in [-0.2, -0.15) is 0 Å². The maximum absolute atomic E-state index is 5.54. The van der Waals surface area contributed by atoms with Crippen LogP contribution < -0.4 is 5.73 Å². The summed E-state index contributed by atoms with van der Waals surface area (Å²) in [6.45, 7) is 2.65. The van der Waals surface area contributed by atoms with Gasteiger partial charge in [-0.25, -0.2) is 4.98 Å². The zero-order valence-corrected chi connectivity index (χ0v) is 8.80. The van der Waals surface area contributed by atoms with Gasteiger partial charge in [0.15, 0.2) is 11.7 Å². The second-order valence-electron chi connectivity index (χ2n) is 3.10. The molecule has 0 saturated carbocycles. The Morgan fingerprint density at radius 1 is 1.57 bits per heavy atom. The van der Waals surface area contributed by atoms with Crippen molar-refractivity contribution in [2.45, 2.75) is 13.3 Å². The summed E-state index contributed by atoms with van der Waals surface area (Å²) in [5.41, 5.74) is 6.51. The zero-order valence-electron chi connectivity index (χ0n) is 7.99. The van der Waals surface area contributed by atoms with Crippen LogP contribution in [0.25, 0.3) is 11.3 Å². The van der Waals surface area contributed by atoms with Gasteiger partial charge < -0.3 is 10.2 Å². The molecule has 2 aromatic rings. The lowest BCUT2D eigenvalue weighted by Crippen LogP contribution is -2.02. The number of nitrogens with two attached hydrogens (primary N) is 1. The monoisotopic (exact) mass is 208 g/mol. The molecular weight excluding hydrogens is 196 g/mol. The van der Waals surface area contributed by atoms with E-state index >= 15 is 0 Å². The molecule has 0 spiro atoms. The van der Waals surface area contributed by atoms with E-state index in [1.807, 2.05) is 0 Å². The van der Waals surface area contributed by atoms with Crippen LogP contribution in [0.15, 0.2) is 22.1 Å². The summed E-state index contributed by atoms with van der Waals surface area (Å²) in [4.78, 5) is 5.42. The van der Waals surface area contributed by atoms with Gasteiger partial charge >= 0.3 is 0 Å². The summed E-state index contributed by atoms with van der Waals surface area (Å²) in [5.74, 6) is 1.55. The van der Waals surface area contributed by atoms with Crippen molar-refractivity contribution < 1.29 is 4.42 Å². The Morgan fingerprint density at radius 3 is 3.07 bits per heavy atom. The molecule has 2 aromatic heterocycles. The quantitative estimate of drug-likeness (QED) is 0.841. The Morgan fingerprint density at radius 2 is 2.43 bits per heavy atom. The van der Waals surface area contributed by atoms with Crippen LogP contribution in [0.4, 0.5) is 0 Å². The molecule has 2 rings (SSSR count). The normalized spacial score (nSPS) is 10.7. The van der Waals surface area contributed by atoms with Crippen LogP contribution >= 0.6 is 11.3 Å². The molecule has 74 valence electrons. The molecule has 0 fully saturated rings. The second kappa shape index (κ2) is 3.94. The largest absolute Gasteiger partial charge is 0.441 e. The summed E-state index contributed by atoms with van der Waals surface area (Å²) >= 11 is 1.71. The smallest absolute Gasteiger partial charge is 0.196 e. The number of rotatable bonds is 3. The topological polar surface area (TPSA) is 52.0 Å². The first kappa shape index (κ1) is 9.43. The molecule has 14 heavy (non-hydrogen) atoms. The van der Waals surface area contributed by atoms with E-state index in [4.69, 9.17) is 10.2 Å². The van der Waals surface area contributed by atoms with Crippen molar-refractivity contribution in [3.8, 4) is 11.3 Å². The van der Waals surface area contributed by atoms with E-state index in [2.05, 4.69) is 23.4 Å². The van der Waals surface area contributed by atoms with Gasteiger partial charge in [-0.1, -0.05) is 0 Å². The number of aryl methyl sites for hydroxylation is 1. The summed E-state index contributed by atoms with van der Waals surface area (Å²) in [6, 6.07) is 2.09. The first-order valence-electron chi connectivity index (χ1n) is 4.50. The minimum Gasteiger partial charge on any atom is -0.441 e. The molecule has 3 nitrogen and oxygen atoms in total. The number of hydrogen-bond acceptors (Lipinski definition) is 4. The van der Waals surface area contributed by atoms with Gasteiger partial charge in [-0.05, 0) is 13.0 Å². The Kier molecular flexibility index (Phi) is 2.65. The molecule has 0 amide bonds. The molecule has 0 aliphatic heterocycles. The van der Waals surface area contributed by atoms with Gasteiger partial charge in [0.25, 0.3) is 0 Å². The summed E-state index contributed by atoms with van der Waals surface area (Å²) in [7, 11) is 0. The van der Waals surface area contributed by atoms with Crippen LogP contribution in [0, 0.1) is 6.92 Å². The van der Waals surface area contributed by atoms with Crippen molar-refractivity contribution in [3.63, 3.8) is 0 Å². The van der Waals surface area contributed by atoms with Crippen molar-refractivity contribution >= 4 is 11.3 Å². The zero-order chi connectivity index (χ0) is 9.97. The predicted molar refractivity (Wildman–Crippen MR) is 57.3 cm³/mol. The van der Waals surface area contributed by atoms with E-state index in [0.29, 0.717) is 18.9 Å². The molecule has 0 aliphatic rings. The molecule has 0 aliphatic carbocycles. The Hall–Kier alpha value is -1.13. The summed E-state index contributed by atoms with van der Waals surface area (Å²) in [5, 5.41) is 2.07. The number of thiophene rings is 1. The Balaban J connectivity index is 2.24. The maximum atomic E-state index is 5.54. The molecule has 0 unspecified atom stereocenters. The van der Waals surface area contributed by atoms with Crippen LogP contribution in [-0.4, -0.2) is 11.5 Å². The number of hydrogen-bond donors (Lipinski definition) is 1. The lowest BCUT2D eigenvalue weighted by atomic mass is 10.3. The first-order chi connectivity index (χ1) is 6.79. The van der Waals surface area contributed by atoms with Crippen LogP contribution in [-0.2, 0) is 6.42 Å². The van der Waals surface area contributed by atoms with Crippen LogP contribution in [0.3, 0.4) is 0 Å². The lowest BCUT2D eigenvalue weighted by molar-refractivity contribution is 0.508. The van der Waals surface area contributed by atoms with E-state index in [1.54, 1.807) is 17.5 Å². The van der Waals surface area contributed by atoms with Crippen LogP contribution in [0.1, 0.15) is 10.8 Å². The van der Waals surface area contributed by atoms with Crippen LogP contribution in [0.5, 0.6) is 0 Å². The third-order valence-corrected chi connectivity index (χ3v) is 2.79. The first-order valence-corrected chi connectivity index (χ1v) is 5.38. The third kappa shape index (κ3) is 1.86. The highest BCUT2D eigenvalue weighted by Crippen LogP contribution is 2.25. The summed E-state index contributed by atoms with van der Waals surface area (Å²) in [6.07, 6.45) is 2.45. The van der Waals surface area contributed by atoms with Gasteiger partial charge in [-0.15, -0.1) is 11.3 Å². The standard InChI is InChI=1S/C10H12N2OS/c1-7-4-8(6-14-7)9-5-12-10(13-9)2-3-11/h4-6H,2-3,11H2,1H3. The maximum Gasteiger partial charge on any atom is 0.196 e. The summed E-state index contributed by atoms with van der Waals surface area (Å²) < 4.78 is 5.54. The van der Waals surface area contributed by atoms with Gasteiger partial charge in [0.2, 0.25) is 0 Å². The molecule has 2 N–H and O–H groups in total. The molecule has 0 atom stereocenters. The molecule has 0 saturated heterocycles.